The van der Waals surface area contributed by atoms with Crippen LogP contribution in [0.5, 0.6) is 5.75 Å². The Bertz CT molecular complexity index is 736. The van der Waals surface area contributed by atoms with Crippen molar-refractivity contribution in [2.75, 3.05) is 0 Å². The van der Waals surface area contributed by atoms with Gasteiger partial charge in [0.05, 0.1) is 0 Å². The van der Waals surface area contributed by atoms with E-state index in [1.165, 1.54) is 30.3 Å². The lowest BCUT2D eigenvalue weighted by atomic mass is 10.2. The molecule has 2 aromatic rings. The molecule has 1 heterocycles. The number of nitrogens with one attached hydrogen (secondary N) is 1. The van der Waals surface area contributed by atoms with Gasteiger partial charge in [-0.25, -0.2) is 9.18 Å². The fourth-order valence-corrected chi connectivity index (χ4v) is 2.29. The van der Waals surface area contributed by atoms with E-state index in [0.717, 1.165) is 12.8 Å². The molecule has 1 unspecified atom stereocenters. The van der Waals surface area contributed by atoms with Gasteiger partial charge in [0.15, 0.2) is 5.76 Å². The van der Waals surface area contributed by atoms with Crippen LogP contribution in [0, 0.1) is 11.7 Å². The lowest BCUT2D eigenvalue weighted by Gasteiger charge is -2.12. The van der Waals surface area contributed by atoms with Gasteiger partial charge in [-0.3, -0.25) is 4.79 Å². The molecule has 0 spiro atoms. The zero-order valence-electron chi connectivity index (χ0n) is 12.7. The minimum Gasteiger partial charge on any atom is -0.486 e. The smallest absolute Gasteiger partial charge is 0.326 e. The van der Waals surface area contributed by atoms with Crippen molar-refractivity contribution in [3.63, 3.8) is 0 Å². The summed E-state index contributed by atoms with van der Waals surface area (Å²) in [5.41, 5.74) is 0. The van der Waals surface area contributed by atoms with Crippen LogP contribution < -0.4 is 10.1 Å². The van der Waals surface area contributed by atoms with E-state index in [4.69, 9.17) is 14.3 Å². The van der Waals surface area contributed by atoms with E-state index in [9.17, 15) is 14.0 Å². The number of rotatable bonds is 7. The van der Waals surface area contributed by atoms with Gasteiger partial charge in [0.1, 0.15) is 30.0 Å². The summed E-state index contributed by atoms with van der Waals surface area (Å²) < 4.78 is 23.6. The van der Waals surface area contributed by atoms with Crippen molar-refractivity contribution in [3.05, 3.63) is 53.7 Å². The van der Waals surface area contributed by atoms with Gasteiger partial charge in [-0.2, -0.15) is 0 Å². The highest BCUT2D eigenvalue weighted by Crippen LogP contribution is 2.32. The van der Waals surface area contributed by atoms with Gasteiger partial charge in [0, 0.05) is 0 Å². The van der Waals surface area contributed by atoms with Crippen LogP contribution in [0.3, 0.4) is 0 Å². The highest BCUT2D eigenvalue weighted by molar-refractivity contribution is 5.94. The number of carbonyl (C=O) groups is 2. The molecule has 6 nitrogen and oxygen atoms in total. The van der Waals surface area contributed by atoms with E-state index in [1.54, 1.807) is 6.07 Å². The second kappa shape index (κ2) is 6.74. The first-order chi connectivity index (χ1) is 11.5. The molecule has 0 bridgehead atoms. The van der Waals surface area contributed by atoms with Crippen LogP contribution in [0.4, 0.5) is 4.39 Å². The molecule has 126 valence electrons. The Kier molecular flexibility index (Phi) is 4.50. The third-order valence-electron chi connectivity index (χ3n) is 3.73. The SMILES string of the molecule is O=C(NC(C(=O)O)C1CC1)c1ccc(COc2ccc(F)cc2)o1. The summed E-state index contributed by atoms with van der Waals surface area (Å²) in [5.74, 6) is -1.08. The molecule has 24 heavy (non-hydrogen) atoms. The molecule has 0 saturated heterocycles. The first kappa shape index (κ1) is 16.0. The predicted octanol–water partition coefficient (Wildman–Crippen LogP) is 2.59. The van der Waals surface area contributed by atoms with Gasteiger partial charge >= 0.3 is 5.97 Å². The zero-order chi connectivity index (χ0) is 17.1. The van der Waals surface area contributed by atoms with Crippen LogP contribution in [0.25, 0.3) is 0 Å². The summed E-state index contributed by atoms with van der Waals surface area (Å²) in [4.78, 5) is 23.2. The summed E-state index contributed by atoms with van der Waals surface area (Å²) in [7, 11) is 0. The number of benzene rings is 1. The molecule has 1 atom stereocenters. The Hall–Kier alpha value is -2.83. The number of halogens is 1. The Morgan fingerprint density at radius 1 is 1.25 bits per heavy atom. The Morgan fingerprint density at radius 2 is 1.96 bits per heavy atom. The van der Waals surface area contributed by atoms with Gasteiger partial charge < -0.3 is 19.6 Å². The van der Waals surface area contributed by atoms with Crippen LogP contribution in [0.15, 0.2) is 40.8 Å². The maximum atomic E-state index is 12.8. The molecule has 1 aliphatic rings. The average molecular weight is 333 g/mol. The average Bonchev–Trinajstić information content (AvgIpc) is 3.28. The highest BCUT2D eigenvalue weighted by atomic mass is 19.1. The summed E-state index contributed by atoms with van der Waals surface area (Å²) >= 11 is 0. The third-order valence-corrected chi connectivity index (χ3v) is 3.73. The molecule has 2 N–H and O–H groups in total. The molecular weight excluding hydrogens is 317 g/mol. The first-order valence-corrected chi connectivity index (χ1v) is 7.53. The standard InChI is InChI=1S/C17H16FNO5/c18-11-3-5-12(6-4-11)23-9-13-7-8-14(24-13)16(20)19-15(17(21)22)10-1-2-10/h3-8,10,15H,1-2,9H2,(H,19,20)(H,21,22). The van der Waals surface area contributed by atoms with Crippen molar-refractivity contribution in [2.24, 2.45) is 5.92 Å². The predicted molar refractivity (Wildman–Crippen MR) is 81.1 cm³/mol. The van der Waals surface area contributed by atoms with E-state index >= 15 is 0 Å². The first-order valence-electron chi connectivity index (χ1n) is 7.53. The molecule has 1 aromatic carbocycles. The van der Waals surface area contributed by atoms with Crippen LogP contribution in [-0.2, 0) is 11.4 Å². The summed E-state index contributed by atoms with van der Waals surface area (Å²) in [5, 5.41) is 11.6. The molecule has 1 aliphatic carbocycles. The van der Waals surface area contributed by atoms with Crippen LogP contribution in [0.2, 0.25) is 0 Å². The zero-order valence-corrected chi connectivity index (χ0v) is 12.7. The lowest BCUT2D eigenvalue weighted by molar-refractivity contribution is -0.139. The van der Waals surface area contributed by atoms with E-state index in [1.807, 2.05) is 0 Å². The molecule has 0 aliphatic heterocycles. The largest absolute Gasteiger partial charge is 0.486 e. The van der Waals surface area contributed by atoms with Gasteiger partial charge in [0.2, 0.25) is 0 Å². The quantitative estimate of drug-likeness (QED) is 0.813. The second-order valence-corrected chi connectivity index (χ2v) is 5.64. The topological polar surface area (TPSA) is 88.8 Å². The molecule has 3 rings (SSSR count). The molecule has 1 fully saturated rings. The molecule has 1 aromatic heterocycles. The van der Waals surface area contributed by atoms with Crippen LogP contribution >= 0.6 is 0 Å². The molecule has 1 saturated carbocycles. The maximum absolute atomic E-state index is 12.8. The summed E-state index contributed by atoms with van der Waals surface area (Å²) in [6.07, 6.45) is 1.60. The highest BCUT2D eigenvalue weighted by Gasteiger charge is 2.37. The van der Waals surface area contributed by atoms with Gasteiger partial charge in [-0.05, 0) is 55.2 Å². The maximum Gasteiger partial charge on any atom is 0.326 e. The number of hydrogen-bond acceptors (Lipinski definition) is 4. The summed E-state index contributed by atoms with van der Waals surface area (Å²) in [6.45, 7) is 0.0733. The second-order valence-electron chi connectivity index (χ2n) is 5.64. The Morgan fingerprint density at radius 3 is 2.58 bits per heavy atom. The number of ether oxygens (including phenoxy) is 1. The molecule has 0 radical (unpaired) electrons. The van der Waals surface area contributed by atoms with Gasteiger partial charge in [0.25, 0.3) is 5.91 Å². The van der Waals surface area contributed by atoms with Crippen molar-refractivity contribution >= 4 is 11.9 Å². The van der Waals surface area contributed by atoms with Crippen molar-refractivity contribution in [3.8, 4) is 5.75 Å². The number of carboxylic acid groups (broad SMARTS) is 1. The van der Waals surface area contributed by atoms with Crippen LogP contribution in [0.1, 0.15) is 29.2 Å². The van der Waals surface area contributed by atoms with E-state index in [-0.39, 0.29) is 24.1 Å². The fourth-order valence-electron chi connectivity index (χ4n) is 2.29. The number of hydrogen-bond donors (Lipinski definition) is 2. The van der Waals surface area contributed by atoms with E-state index in [0.29, 0.717) is 11.5 Å². The molecule has 7 heteroatoms. The minimum atomic E-state index is -1.04. The normalized spacial score (nSPS) is 14.9. The number of aliphatic carboxylic acids is 1. The fraction of sp³-hybridized carbons (Fsp3) is 0.294. The van der Waals surface area contributed by atoms with E-state index < -0.39 is 17.9 Å². The Labute approximate surface area is 137 Å². The number of furan rings is 1. The Balaban J connectivity index is 1.57. The van der Waals surface area contributed by atoms with Gasteiger partial charge in [-0.1, -0.05) is 0 Å². The van der Waals surface area contributed by atoms with Crippen molar-refractivity contribution in [1.29, 1.82) is 0 Å². The van der Waals surface area contributed by atoms with Crippen molar-refractivity contribution < 1.29 is 28.2 Å². The number of amides is 1. The molecule has 1 amide bonds. The third kappa shape index (κ3) is 3.92. The minimum absolute atomic E-state index is 0.0114. The number of carbonyl (C=O) groups excluding carboxylic acids is 1. The number of carboxylic acids is 1. The van der Waals surface area contributed by atoms with Crippen molar-refractivity contribution in [1.82, 2.24) is 5.32 Å². The van der Waals surface area contributed by atoms with Crippen molar-refractivity contribution in [2.45, 2.75) is 25.5 Å². The molecular formula is C17H16FNO5. The summed E-state index contributed by atoms with van der Waals surface area (Å²) in [6, 6.07) is 7.68. The van der Waals surface area contributed by atoms with Gasteiger partial charge in [-0.15, -0.1) is 0 Å². The van der Waals surface area contributed by atoms with E-state index in [2.05, 4.69) is 5.32 Å². The van der Waals surface area contributed by atoms with Crippen LogP contribution in [-0.4, -0.2) is 23.0 Å². The monoisotopic (exact) mass is 333 g/mol. The lowest BCUT2D eigenvalue weighted by Crippen LogP contribution is -2.42.